The Labute approximate surface area is 155 Å². The van der Waals surface area contributed by atoms with Crippen LogP contribution < -0.4 is 4.74 Å². The highest BCUT2D eigenvalue weighted by molar-refractivity contribution is 5.36. The summed E-state index contributed by atoms with van der Waals surface area (Å²) < 4.78 is 17.0. The maximum Gasteiger partial charge on any atom is 0.229 e. The number of ether oxygens (including phenoxy) is 2. The fourth-order valence-electron chi connectivity index (χ4n) is 4.37. The van der Waals surface area contributed by atoms with E-state index in [1.165, 1.54) is 18.4 Å². The van der Waals surface area contributed by atoms with Crippen molar-refractivity contribution in [3.63, 3.8) is 0 Å². The largest absolute Gasteiger partial charge is 0.485 e. The van der Waals surface area contributed by atoms with Gasteiger partial charge in [-0.1, -0.05) is 36.2 Å². The summed E-state index contributed by atoms with van der Waals surface area (Å²) in [5, 5.41) is 4.11. The topological polar surface area (TPSA) is 57.4 Å². The fourth-order valence-corrected chi connectivity index (χ4v) is 4.37. The molecule has 0 spiro atoms. The molecule has 5 heteroatoms. The molecule has 5 nitrogen and oxygen atoms in total. The second kappa shape index (κ2) is 8.21. The number of hydrogen-bond acceptors (Lipinski definition) is 5. The second-order valence-electron chi connectivity index (χ2n) is 7.57. The Morgan fingerprint density at radius 1 is 1.00 bits per heavy atom. The minimum atomic E-state index is 0.362. The van der Waals surface area contributed by atoms with E-state index in [9.17, 15) is 0 Å². The molecule has 2 aromatic rings. The third-order valence-corrected chi connectivity index (χ3v) is 5.91. The zero-order valence-corrected chi connectivity index (χ0v) is 15.5. The van der Waals surface area contributed by atoms with Gasteiger partial charge in [0.1, 0.15) is 5.75 Å². The number of methoxy groups -OCH3 is 1. The number of para-hydroxylation sites is 1. The van der Waals surface area contributed by atoms with Gasteiger partial charge in [-0.25, -0.2) is 0 Å². The monoisotopic (exact) mass is 356 g/mol. The lowest BCUT2D eigenvalue weighted by atomic mass is 9.82. The molecule has 0 radical (unpaired) electrons. The highest BCUT2D eigenvalue weighted by Crippen LogP contribution is 2.38. The summed E-state index contributed by atoms with van der Waals surface area (Å²) in [6, 6.07) is 8.36. The minimum Gasteiger partial charge on any atom is -0.485 e. The summed E-state index contributed by atoms with van der Waals surface area (Å²) in [7, 11) is 1.81. The lowest BCUT2D eigenvalue weighted by Crippen LogP contribution is -2.19. The highest BCUT2D eigenvalue weighted by Gasteiger charge is 2.25. The molecular weight excluding hydrogens is 328 g/mol. The van der Waals surface area contributed by atoms with Crippen LogP contribution in [-0.2, 0) is 11.3 Å². The minimum absolute atomic E-state index is 0.362. The van der Waals surface area contributed by atoms with Crippen LogP contribution in [0.25, 0.3) is 0 Å². The van der Waals surface area contributed by atoms with E-state index in [0.29, 0.717) is 30.4 Å². The smallest absolute Gasteiger partial charge is 0.229 e. The first-order valence-corrected chi connectivity index (χ1v) is 9.90. The number of benzene rings is 1. The standard InChI is InChI=1S/C21H28N2O3/c1-24-17-12-10-15(11-13-17)18-8-4-5-9-19(18)25-14-20-22-21(26-23-20)16-6-2-3-7-16/h4-5,8-9,15-17H,2-3,6-7,10-14H2,1H3. The van der Waals surface area contributed by atoms with Crippen molar-refractivity contribution < 1.29 is 14.0 Å². The van der Waals surface area contributed by atoms with Crippen molar-refractivity contribution in [1.82, 2.24) is 10.1 Å². The van der Waals surface area contributed by atoms with Gasteiger partial charge in [0.15, 0.2) is 6.61 Å². The van der Waals surface area contributed by atoms with E-state index < -0.39 is 0 Å². The molecule has 0 N–H and O–H groups in total. The molecule has 0 amide bonds. The first kappa shape index (κ1) is 17.5. The molecule has 2 saturated carbocycles. The summed E-state index contributed by atoms with van der Waals surface area (Å²) in [6.07, 6.45) is 9.78. The van der Waals surface area contributed by atoms with E-state index in [1.807, 2.05) is 13.2 Å². The third-order valence-electron chi connectivity index (χ3n) is 5.91. The lowest BCUT2D eigenvalue weighted by molar-refractivity contribution is 0.0655. The Morgan fingerprint density at radius 3 is 2.54 bits per heavy atom. The quantitative estimate of drug-likeness (QED) is 0.731. The molecule has 0 aliphatic heterocycles. The lowest BCUT2D eigenvalue weighted by Gasteiger charge is -2.28. The van der Waals surface area contributed by atoms with Gasteiger partial charge in [0.25, 0.3) is 0 Å². The van der Waals surface area contributed by atoms with Gasteiger partial charge >= 0.3 is 0 Å². The van der Waals surface area contributed by atoms with Crippen LogP contribution in [0, 0.1) is 0 Å². The van der Waals surface area contributed by atoms with Crippen molar-refractivity contribution in [3.8, 4) is 5.75 Å². The molecule has 4 rings (SSSR count). The van der Waals surface area contributed by atoms with Crippen molar-refractivity contribution in [2.75, 3.05) is 7.11 Å². The van der Waals surface area contributed by atoms with Gasteiger partial charge in [-0.05, 0) is 56.1 Å². The van der Waals surface area contributed by atoms with Gasteiger partial charge in [-0.2, -0.15) is 4.98 Å². The van der Waals surface area contributed by atoms with E-state index in [0.717, 1.165) is 50.2 Å². The zero-order chi connectivity index (χ0) is 17.8. The van der Waals surface area contributed by atoms with Crippen LogP contribution in [0.4, 0.5) is 0 Å². The van der Waals surface area contributed by atoms with Gasteiger partial charge in [-0.3, -0.25) is 0 Å². The summed E-state index contributed by atoms with van der Waals surface area (Å²) in [5.41, 5.74) is 1.29. The molecular formula is C21H28N2O3. The Hall–Kier alpha value is -1.88. The van der Waals surface area contributed by atoms with Crippen molar-refractivity contribution in [2.45, 2.75) is 75.9 Å². The molecule has 0 saturated heterocycles. The molecule has 0 bridgehead atoms. The van der Waals surface area contributed by atoms with Crippen LogP contribution in [0.15, 0.2) is 28.8 Å². The van der Waals surface area contributed by atoms with Crippen molar-refractivity contribution in [2.24, 2.45) is 0 Å². The highest BCUT2D eigenvalue weighted by atomic mass is 16.5. The van der Waals surface area contributed by atoms with E-state index in [4.69, 9.17) is 14.0 Å². The van der Waals surface area contributed by atoms with Crippen LogP contribution >= 0.6 is 0 Å². The first-order valence-electron chi connectivity index (χ1n) is 9.90. The summed E-state index contributed by atoms with van der Waals surface area (Å²) in [4.78, 5) is 4.55. The van der Waals surface area contributed by atoms with E-state index in [1.54, 1.807) is 0 Å². The molecule has 2 aliphatic rings. The predicted molar refractivity (Wildman–Crippen MR) is 98.3 cm³/mol. The maximum atomic E-state index is 6.09. The SMILES string of the molecule is COC1CCC(c2ccccc2OCc2noc(C3CCCC3)n2)CC1. The average Bonchev–Trinajstić information content (AvgIpc) is 3.38. The number of hydrogen-bond donors (Lipinski definition) is 0. The van der Waals surface area contributed by atoms with Gasteiger partial charge < -0.3 is 14.0 Å². The van der Waals surface area contributed by atoms with Crippen molar-refractivity contribution in [1.29, 1.82) is 0 Å². The normalized spacial score (nSPS) is 24.0. The van der Waals surface area contributed by atoms with Crippen LogP contribution in [-0.4, -0.2) is 23.4 Å². The van der Waals surface area contributed by atoms with Crippen molar-refractivity contribution in [3.05, 3.63) is 41.5 Å². The van der Waals surface area contributed by atoms with Gasteiger partial charge in [0.2, 0.25) is 11.7 Å². The molecule has 2 fully saturated rings. The molecule has 0 atom stereocenters. The zero-order valence-electron chi connectivity index (χ0n) is 15.5. The number of aromatic nitrogens is 2. The molecule has 140 valence electrons. The number of nitrogens with zero attached hydrogens (tertiary/aromatic N) is 2. The molecule has 2 aliphatic carbocycles. The van der Waals surface area contributed by atoms with Crippen LogP contribution in [0.2, 0.25) is 0 Å². The van der Waals surface area contributed by atoms with E-state index in [-0.39, 0.29) is 0 Å². The Balaban J connectivity index is 1.39. The van der Waals surface area contributed by atoms with Crippen LogP contribution in [0.3, 0.4) is 0 Å². The van der Waals surface area contributed by atoms with Crippen LogP contribution in [0.1, 0.15) is 80.5 Å². The fraction of sp³-hybridized carbons (Fsp3) is 0.619. The van der Waals surface area contributed by atoms with Gasteiger partial charge in [0, 0.05) is 13.0 Å². The number of rotatable bonds is 6. The van der Waals surface area contributed by atoms with E-state index >= 15 is 0 Å². The predicted octanol–water partition coefficient (Wildman–Crippen LogP) is 4.98. The summed E-state index contributed by atoms with van der Waals surface area (Å²) in [5.74, 6) is 3.36. The molecule has 1 aromatic carbocycles. The van der Waals surface area contributed by atoms with Gasteiger partial charge in [-0.15, -0.1) is 0 Å². The van der Waals surface area contributed by atoms with Crippen LogP contribution in [0.5, 0.6) is 5.75 Å². The summed E-state index contributed by atoms with van der Waals surface area (Å²) >= 11 is 0. The molecule has 1 heterocycles. The second-order valence-corrected chi connectivity index (χ2v) is 7.57. The first-order chi connectivity index (χ1) is 12.8. The Bertz CT molecular complexity index is 701. The van der Waals surface area contributed by atoms with E-state index in [2.05, 4.69) is 28.3 Å². The van der Waals surface area contributed by atoms with Crippen molar-refractivity contribution >= 4 is 0 Å². The summed E-state index contributed by atoms with van der Waals surface area (Å²) in [6.45, 7) is 0.362. The molecule has 26 heavy (non-hydrogen) atoms. The Morgan fingerprint density at radius 2 is 1.77 bits per heavy atom. The van der Waals surface area contributed by atoms with Gasteiger partial charge in [0.05, 0.1) is 6.10 Å². The third kappa shape index (κ3) is 3.93. The maximum absolute atomic E-state index is 6.09. The average molecular weight is 356 g/mol. The molecule has 1 aromatic heterocycles. The molecule has 0 unspecified atom stereocenters. The Kier molecular flexibility index (Phi) is 5.54.